The van der Waals surface area contributed by atoms with Gasteiger partial charge in [0.05, 0.1) is 0 Å². The van der Waals surface area contributed by atoms with Crippen LogP contribution in [0.2, 0.25) is 0 Å². The van der Waals surface area contributed by atoms with Gasteiger partial charge in [0.2, 0.25) is 0 Å². The highest BCUT2D eigenvalue weighted by molar-refractivity contribution is 5.75. The number of nitrogens with zero attached hydrogens (tertiary/aromatic N) is 2. The Labute approximate surface area is 110 Å². The lowest BCUT2D eigenvalue weighted by Crippen LogP contribution is -2.49. The first-order valence-corrected chi connectivity index (χ1v) is 6.60. The molecule has 0 spiro atoms. The van der Waals surface area contributed by atoms with Crippen molar-refractivity contribution in [3.63, 3.8) is 0 Å². The third-order valence-electron chi connectivity index (χ3n) is 2.87. The molecule has 0 rings (SSSR count). The molecule has 0 atom stereocenters. The van der Waals surface area contributed by atoms with Gasteiger partial charge in [-0.15, -0.1) is 0 Å². The number of carbonyl (C=O) groups is 2. The van der Waals surface area contributed by atoms with E-state index in [4.69, 9.17) is 5.11 Å². The van der Waals surface area contributed by atoms with Crippen molar-refractivity contribution in [3.8, 4) is 0 Å². The first-order valence-electron chi connectivity index (χ1n) is 6.60. The minimum atomic E-state index is -0.817. The van der Waals surface area contributed by atoms with Gasteiger partial charge in [0.25, 0.3) is 0 Å². The fourth-order valence-electron chi connectivity index (χ4n) is 1.86. The Kier molecular flexibility index (Phi) is 7.39. The Morgan fingerprint density at radius 3 is 1.89 bits per heavy atom. The van der Waals surface area contributed by atoms with E-state index >= 15 is 0 Å². The van der Waals surface area contributed by atoms with E-state index in [2.05, 4.69) is 0 Å². The molecule has 0 radical (unpaired) electrons. The van der Waals surface area contributed by atoms with E-state index in [1.54, 1.807) is 9.80 Å². The van der Waals surface area contributed by atoms with Crippen molar-refractivity contribution < 1.29 is 14.7 Å². The summed E-state index contributed by atoms with van der Waals surface area (Å²) in [5.41, 5.74) is 0. The number of carboxylic acids is 1. The molecule has 0 aromatic heterocycles. The average molecular weight is 258 g/mol. The molecule has 106 valence electrons. The van der Waals surface area contributed by atoms with Gasteiger partial charge in [-0.05, 0) is 41.0 Å². The fourth-order valence-corrected chi connectivity index (χ4v) is 1.86. The van der Waals surface area contributed by atoms with Gasteiger partial charge >= 0.3 is 12.0 Å². The van der Waals surface area contributed by atoms with Gasteiger partial charge in [-0.25, -0.2) is 4.79 Å². The SMILES string of the molecule is CCN(C(=O)N(CCCC(=O)O)C(C)C)C(C)C. The predicted octanol–water partition coefficient (Wildman–Crippen LogP) is 2.41. The molecule has 1 N–H and O–H groups in total. The molecule has 0 aliphatic carbocycles. The van der Waals surface area contributed by atoms with Gasteiger partial charge in [-0.3, -0.25) is 4.79 Å². The van der Waals surface area contributed by atoms with Crippen molar-refractivity contribution in [2.24, 2.45) is 0 Å². The zero-order chi connectivity index (χ0) is 14.3. The maximum atomic E-state index is 12.3. The third-order valence-corrected chi connectivity index (χ3v) is 2.87. The highest BCUT2D eigenvalue weighted by atomic mass is 16.4. The second-order valence-corrected chi connectivity index (χ2v) is 4.95. The summed E-state index contributed by atoms with van der Waals surface area (Å²) in [6.45, 7) is 11.0. The number of hydrogen-bond donors (Lipinski definition) is 1. The van der Waals surface area contributed by atoms with Crippen LogP contribution < -0.4 is 0 Å². The van der Waals surface area contributed by atoms with Crippen LogP contribution in [0, 0.1) is 0 Å². The molecular formula is C13H26N2O3. The van der Waals surface area contributed by atoms with Gasteiger partial charge in [-0.2, -0.15) is 0 Å². The van der Waals surface area contributed by atoms with Gasteiger partial charge in [0.1, 0.15) is 0 Å². The summed E-state index contributed by atoms with van der Waals surface area (Å²) >= 11 is 0. The average Bonchev–Trinajstić information content (AvgIpc) is 2.23. The summed E-state index contributed by atoms with van der Waals surface area (Å²) in [6, 6.07) is 0.232. The molecule has 0 heterocycles. The summed E-state index contributed by atoms with van der Waals surface area (Å²) in [4.78, 5) is 26.4. The number of rotatable bonds is 7. The molecule has 0 unspecified atom stereocenters. The zero-order valence-corrected chi connectivity index (χ0v) is 12.1. The van der Waals surface area contributed by atoms with Gasteiger partial charge in [0.15, 0.2) is 0 Å². The Balaban J connectivity index is 4.57. The molecule has 0 fully saturated rings. The summed E-state index contributed by atoms with van der Waals surface area (Å²) < 4.78 is 0. The van der Waals surface area contributed by atoms with E-state index in [1.165, 1.54) is 0 Å². The van der Waals surface area contributed by atoms with Crippen LogP contribution in [0.4, 0.5) is 4.79 Å². The van der Waals surface area contributed by atoms with Crippen LogP contribution in [0.15, 0.2) is 0 Å². The van der Waals surface area contributed by atoms with Crippen molar-refractivity contribution in [1.82, 2.24) is 9.80 Å². The van der Waals surface area contributed by atoms with Gasteiger partial charge < -0.3 is 14.9 Å². The Morgan fingerprint density at radius 1 is 1.06 bits per heavy atom. The van der Waals surface area contributed by atoms with Crippen LogP contribution in [0.3, 0.4) is 0 Å². The van der Waals surface area contributed by atoms with E-state index in [1.807, 2.05) is 34.6 Å². The summed E-state index contributed by atoms with van der Waals surface area (Å²) in [5.74, 6) is -0.817. The summed E-state index contributed by atoms with van der Waals surface area (Å²) in [5, 5.41) is 8.63. The summed E-state index contributed by atoms with van der Waals surface area (Å²) in [6.07, 6.45) is 0.596. The van der Waals surface area contributed by atoms with E-state index in [9.17, 15) is 9.59 Å². The standard InChI is InChI=1S/C13H26N2O3/c1-6-14(10(2)3)13(18)15(11(4)5)9-7-8-12(16)17/h10-11H,6-9H2,1-5H3,(H,16,17). The Bertz CT molecular complexity index is 277. The van der Waals surface area contributed by atoms with Crippen LogP contribution >= 0.6 is 0 Å². The molecule has 18 heavy (non-hydrogen) atoms. The maximum Gasteiger partial charge on any atom is 0.320 e. The minimum absolute atomic E-state index is 0.00658. The maximum absolute atomic E-state index is 12.3. The van der Waals surface area contributed by atoms with Crippen molar-refractivity contribution in [1.29, 1.82) is 0 Å². The molecule has 0 aromatic rings. The molecule has 0 saturated carbocycles. The van der Waals surface area contributed by atoms with Crippen LogP contribution in [0.1, 0.15) is 47.5 Å². The molecule has 0 aromatic carbocycles. The Hall–Kier alpha value is -1.26. The molecule has 5 heteroatoms. The fraction of sp³-hybridized carbons (Fsp3) is 0.846. The number of carboxylic acid groups (broad SMARTS) is 1. The molecule has 2 amide bonds. The zero-order valence-electron chi connectivity index (χ0n) is 12.1. The predicted molar refractivity (Wildman–Crippen MR) is 71.6 cm³/mol. The van der Waals surface area contributed by atoms with Crippen LogP contribution in [-0.4, -0.2) is 52.1 Å². The largest absolute Gasteiger partial charge is 0.481 e. The van der Waals surface area contributed by atoms with Gasteiger partial charge in [-0.1, -0.05) is 0 Å². The number of urea groups is 1. The van der Waals surface area contributed by atoms with Crippen LogP contribution in [-0.2, 0) is 4.79 Å². The molecule has 0 aliphatic rings. The van der Waals surface area contributed by atoms with E-state index in [-0.39, 0.29) is 24.5 Å². The Morgan fingerprint density at radius 2 is 1.56 bits per heavy atom. The van der Waals surface area contributed by atoms with Crippen molar-refractivity contribution in [2.45, 2.75) is 59.5 Å². The third kappa shape index (κ3) is 5.38. The molecular weight excluding hydrogens is 232 g/mol. The van der Waals surface area contributed by atoms with E-state index in [0.29, 0.717) is 19.5 Å². The lowest BCUT2D eigenvalue weighted by Gasteiger charge is -2.34. The molecule has 0 bridgehead atoms. The second kappa shape index (κ2) is 7.95. The first-order chi connectivity index (χ1) is 8.31. The molecule has 5 nitrogen and oxygen atoms in total. The van der Waals surface area contributed by atoms with Crippen molar-refractivity contribution >= 4 is 12.0 Å². The first kappa shape index (κ1) is 16.7. The minimum Gasteiger partial charge on any atom is -0.481 e. The van der Waals surface area contributed by atoms with E-state index in [0.717, 1.165) is 0 Å². The lowest BCUT2D eigenvalue weighted by molar-refractivity contribution is -0.137. The topological polar surface area (TPSA) is 60.9 Å². The number of carbonyl (C=O) groups excluding carboxylic acids is 1. The van der Waals surface area contributed by atoms with E-state index < -0.39 is 5.97 Å². The van der Waals surface area contributed by atoms with Crippen LogP contribution in [0.25, 0.3) is 0 Å². The van der Waals surface area contributed by atoms with Crippen molar-refractivity contribution in [2.75, 3.05) is 13.1 Å². The monoisotopic (exact) mass is 258 g/mol. The van der Waals surface area contributed by atoms with Crippen LogP contribution in [0.5, 0.6) is 0 Å². The second-order valence-electron chi connectivity index (χ2n) is 4.95. The number of aliphatic carboxylic acids is 1. The quantitative estimate of drug-likeness (QED) is 0.762. The molecule has 0 saturated heterocycles. The van der Waals surface area contributed by atoms with Crippen molar-refractivity contribution in [3.05, 3.63) is 0 Å². The normalized spacial score (nSPS) is 10.8. The van der Waals surface area contributed by atoms with Gasteiger partial charge in [0, 0.05) is 31.6 Å². The number of amides is 2. The highest BCUT2D eigenvalue weighted by Gasteiger charge is 2.23. The lowest BCUT2D eigenvalue weighted by atomic mass is 10.2. The highest BCUT2D eigenvalue weighted by Crippen LogP contribution is 2.09. The molecule has 0 aliphatic heterocycles. The number of hydrogen-bond acceptors (Lipinski definition) is 2. The smallest absolute Gasteiger partial charge is 0.320 e. The summed E-state index contributed by atoms with van der Waals surface area (Å²) in [7, 11) is 0.